The summed E-state index contributed by atoms with van der Waals surface area (Å²) >= 11 is 2.38. The SMILES string of the molecule is CCOc1cc(/C=C(/C#N)C(=O)Nc2nc(SC)ns2)ccc1OCc1ccc([N+](=O)[O-])cc1. The van der Waals surface area contributed by atoms with E-state index < -0.39 is 10.8 Å². The van der Waals surface area contributed by atoms with E-state index in [4.69, 9.17) is 9.47 Å². The van der Waals surface area contributed by atoms with Crippen molar-refractivity contribution in [1.82, 2.24) is 9.36 Å². The van der Waals surface area contributed by atoms with E-state index in [0.29, 0.717) is 34.0 Å². The molecule has 1 N–H and O–H groups in total. The minimum absolute atomic E-state index is 0.00282. The maximum atomic E-state index is 12.5. The van der Waals surface area contributed by atoms with Crippen LogP contribution in [0.1, 0.15) is 18.1 Å². The maximum absolute atomic E-state index is 12.5. The van der Waals surface area contributed by atoms with Crippen molar-refractivity contribution in [2.24, 2.45) is 0 Å². The van der Waals surface area contributed by atoms with Crippen molar-refractivity contribution < 1.29 is 19.2 Å². The molecule has 34 heavy (non-hydrogen) atoms. The maximum Gasteiger partial charge on any atom is 0.269 e. The summed E-state index contributed by atoms with van der Waals surface area (Å²) < 4.78 is 15.5. The zero-order valence-corrected chi connectivity index (χ0v) is 19.8. The number of hydrogen-bond donors (Lipinski definition) is 1. The van der Waals surface area contributed by atoms with Crippen molar-refractivity contribution in [3.8, 4) is 17.6 Å². The van der Waals surface area contributed by atoms with E-state index in [-0.39, 0.29) is 17.9 Å². The van der Waals surface area contributed by atoms with Gasteiger partial charge < -0.3 is 9.47 Å². The van der Waals surface area contributed by atoms with E-state index >= 15 is 0 Å². The summed E-state index contributed by atoms with van der Waals surface area (Å²) in [4.78, 5) is 26.9. The van der Waals surface area contributed by atoms with Crippen molar-refractivity contribution in [2.75, 3.05) is 18.2 Å². The molecule has 0 aliphatic heterocycles. The highest BCUT2D eigenvalue weighted by Gasteiger charge is 2.14. The van der Waals surface area contributed by atoms with Gasteiger partial charge in [-0.1, -0.05) is 17.8 Å². The van der Waals surface area contributed by atoms with E-state index in [9.17, 15) is 20.2 Å². The van der Waals surface area contributed by atoms with Gasteiger partial charge in [0, 0.05) is 23.7 Å². The molecule has 10 nitrogen and oxygen atoms in total. The topological polar surface area (TPSA) is 140 Å². The lowest BCUT2D eigenvalue weighted by molar-refractivity contribution is -0.384. The first-order valence-corrected chi connectivity index (χ1v) is 11.9. The monoisotopic (exact) mass is 497 g/mol. The minimum atomic E-state index is -0.595. The Morgan fingerprint density at radius 2 is 2.03 bits per heavy atom. The third-order valence-electron chi connectivity index (χ3n) is 4.30. The van der Waals surface area contributed by atoms with Crippen LogP contribution < -0.4 is 14.8 Å². The molecule has 1 heterocycles. The number of benzene rings is 2. The van der Waals surface area contributed by atoms with Gasteiger partial charge in [0.15, 0.2) is 11.5 Å². The number of nitrogens with zero attached hydrogens (tertiary/aromatic N) is 4. The molecular weight excluding hydrogens is 478 g/mol. The molecule has 0 aliphatic rings. The number of thioether (sulfide) groups is 1. The first-order valence-electron chi connectivity index (χ1n) is 9.87. The molecule has 0 atom stereocenters. The van der Waals surface area contributed by atoms with E-state index in [1.807, 2.05) is 19.2 Å². The van der Waals surface area contributed by atoms with Gasteiger partial charge in [0.2, 0.25) is 10.3 Å². The van der Waals surface area contributed by atoms with E-state index in [0.717, 1.165) is 17.1 Å². The number of nitriles is 1. The number of amides is 1. The number of aromatic nitrogens is 2. The standard InChI is InChI=1S/C22H19N5O5S2/c1-3-31-19-11-15(10-16(12-23)20(28)24-21-25-22(33-2)26-34-21)6-9-18(19)32-13-14-4-7-17(8-5-14)27(29)30/h4-11H,3,13H2,1-2H3,(H,24,25,26,28)/b16-10-. The third kappa shape index (κ3) is 6.53. The highest BCUT2D eigenvalue weighted by atomic mass is 32.2. The molecular formula is C22H19N5O5S2. The summed E-state index contributed by atoms with van der Waals surface area (Å²) in [5.41, 5.74) is 1.22. The quantitative estimate of drug-likeness (QED) is 0.139. The minimum Gasteiger partial charge on any atom is -0.490 e. The molecule has 0 bridgehead atoms. The Morgan fingerprint density at radius 3 is 2.65 bits per heavy atom. The van der Waals surface area contributed by atoms with Crippen molar-refractivity contribution in [1.29, 1.82) is 5.26 Å². The zero-order chi connectivity index (χ0) is 24.5. The molecule has 3 aromatic rings. The van der Waals surface area contributed by atoms with Crippen molar-refractivity contribution in [3.05, 3.63) is 69.3 Å². The second-order valence-electron chi connectivity index (χ2n) is 6.56. The van der Waals surface area contributed by atoms with Crippen LogP contribution in [0.25, 0.3) is 6.08 Å². The van der Waals surface area contributed by atoms with Crippen LogP contribution in [-0.4, -0.2) is 33.1 Å². The molecule has 0 aliphatic carbocycles. The molecule has 0 fully saturated rings. The summed E-state index contributed by atoms with van der Waals surface area (Å²) in [6.07, 6.45) is 3.26. The molecule has 0 saturated heterocycles. The lowest BCUT2D eigenvalue weighted by Gasteiger charge is -2.13. The number of carbonyl (C=O) groups excluding carboxylic acids is 1. The summed E-state index contributed by atoms with van der Waals surface area (Å²) in [5, 5.41) is 23.7. The van der Waals surface area contributed by atoms with Gasteiger partial charge in [0.05, 0.1) is 11.5 Å². The largest absolute Gasteiger partial charge is 0.490 e. The molecule has 0 saturated carbocycles. The highest BCUT2D eigenvalue weighted by Crippen LogP contribution is 2.30. The Balaban J connectivity index is 1.74. The van der Waals surface area contributed by atoms with Crippen LogP contribution in [0.3, 0.4) is 0 Å². The number of nitrogens with one attached hydrogen (secondary N) is 1. The van der Waals surface area contributed by atoms with Crippen LogP contribution in [0.15, 0.2) is 53.2 Å². The smallest absolute Gasteiger partial charge is 0.269 e. The first kappa shape index (κ1) is 24.7. The van der Waals surface area contributed by atoms with Gasteiger partial charge in [-0.2, -0.15) is 14.6 Å². The fraction of sp³-hybridized carbons (Fsp3) is 0.182. The summed E-state index contributed by atoms with van der Waals surface area (Å²) in [6.45, 7) is 2.38. The van der Waals surface area contributed by atoms with E-state index in [1.165, 1.54) is 30.0 Å². The number of rotatable bonds is 10. The van der Waals surface area contributed by atoms with Gasteiger partial charge in [-0.3, -0.25) is 20.2 Å². The molecule has 2 aromatic carbocycles. The van der Waals surface area contributed by atoms with Crippen molar-refractivity contribution in [2.45, 2.75) is 18.7 Å². The van der Waals surface area contributed by atoms with Gasteiger partial charge >= 0.3 is 0 Å². The van der Waals surface area contributed by atoms with Crippen LogP contribution >= 0.6 is 23.3 Å². The number of ether oxygens (including phenoxy) is 2. The zero-order valence-electron chi connectivity index (χ0n) is 18.2. The lowest BCUT2D eigenvalue weighted by atomic mass is 10.1. The molecule has 0 spiro atoms. The first-order chi connectivity index (χ1) is 16.4. The average Bonchev–Trinajstić information content (AvgIpc) is 3.29. The number of hydrogen-bond acceptors (Lipinski definition) is 10. The van der Waals surface area contributed by atoms with E-state index in [1.54, 1.807) is 30.3 Å². The van der Waals surface area contributed by atoms with Gasteiger partial charge in [0.1, 0.15) is 18.2 Å². The summed E-state index contributed by atoms with van der Waals surface area (Å²) in [6, 6.07) is 13.0. The van der Waals surface area contributed by atoms with E-state index in [2.05, 4.69) is 14.7 Å². The second kappa shape index (κ2) is 11.8. The molecule has 0 unspecified atom stereocenters. The fourth-order valence-electron chi connectivity index (χ4n) is 2.70. The summed E-state index contributed by atoms with van der Waals surface area (Å²) in [5.74, 6) is 0.297. The van der Waals surface area contributed by atoms with Crippen LogP contribution in [0, 0.1) is 21.4 Å². The number of nitro benzene ring substituents is 1. The Kier molecular flexibility index (Phi) is 8.55. The van der Waals surface area contributed by atoms with Crippen LogP contribution in [0.5, 0.6) is 11.5 Å². The van der Waals surface area contributed by atoms with Gasteiger partial charge in [-0.05, 0) is 54.6 Å². The Hall–Kier alpha value is -3.95. The third-order valence-corrected chi connectivity index (χ3v) is 5.59. The Labute approximate surface area is 203 Å². The van der Waals surface area contributed by atoms with Gasteiger partial charge in [-0.25, -0.2) is 0 Å². The predicted molar refractivity (Wildman–Crippen MR) is 129 cm³/mol. The number of anilines is 1. The highest BCUT2D eigenvalue weighted by molar-refractivity contribution is 7.98. The van der Waals surface area contributed by atoms with Gasteiger partial charge in [0.25, 0.3) is 11.6 Å². The molecule has 12 heteroatoms. The second-order valence-corrected chi connectivity index (χ2v) is 8.09. The van der Waals surface area contributed by atoms with Crippen molar-refractivity contribution >= 4 is 46.1 Å². The Bertz CT molecular complexity index is 1250. The Morgan fingerprint density at radius 1 is 1.26 bits per heavy atom. The van der Waals surface area contributed by atoms with Gasteiger partial charge in [-0.15, -0.1) is 0 Å². The molecule has 0 radical (unpaired) electrons. The fourth-order valence-corrected chi connectivity index (χ4v) is 3.82. The van der Waals surface area contributed by atoms with Crippen LogP contribution in [0.2, 0.25) is 0 Å². The van der Waals surface area contributed by atoms with Crippen LogP contribution in [-0.2, 0) is 11.4 Å². The number of carbonyl (C=O) groups is 1. The molecule has 1 aromatic heterocycles. The average molecular weight is 498 g/mol. The van der Waals surface area contributed by atoms with Crippen LogP contribution in [0.4, 0.5) is 10.8 Å². The summed E-state index contributed by atoms with van der Waals surface area (Å²) in [7, 11) is 0. The lowest BCUT2D eigenvalue weighted by Crippen LogP contribution is -2.13. The molecule has 174 valence electrons. The normalized spacial score (nSPS) is 10.9. The molecule has 3 rings (SSSR count). The molecule has 1 amide bonds. The number of nitro groups is 1. The number of non-ortho nitro benzene ring substituents is 1. The van der Waals surface area contributed by atoms with Crippen molar-refractivity contribution in [3.63, 3.8) is 0 Å². The predicted octanol–water partition coefficient (Wildman–Crippen LogP) is 4.69.